The fraction of sp³-hybridized carbons (Fsp3) is 0.333. The number of hydrogen-bond donors (Lipinski definition) is 0. The van der Waals surface area contributed by atoms with E-state index in [9.17, 15) is 4.79 Å². The molecule has 11 heavy (non-hydrogen) atoms. The van der Waals surface area contributed by atoms with Crippen molar-refractivity contribution in [1.29, 1.82) is 0 Å². The molecule has 0 bridgehead atoms. The first-order valence-electron chi connectivity index (χ1n) is 2.75. The second kappa shape index (κ2) is 4.33. The summed E-state index contributed by atoms with van der Waals surface area (Å²) >= 11 is 4.30. The van der Waals surface area contributed by atoms with Gasteiger partial charge in [-0.15, -0.1) is 11.8 Å². The first kappa shape index (κ1) is 9.35. The van der Waals surface area contributed by atoms with Gasteiger partial charge in [-0.05, 0) is 6.26 Å². The molecule has 0 amide bonds. The van der Waals surface area contributed by atoms with E-state index in [2.05, 4.69) is 9.82 Å². The van der Waals surface area contributed by atoms with Crippen molar-refractivity contribution < 1.29 is 9.53 Å². The summed E-state index contributed by atoms with van der Waals surface area (Å²) in [7, 11) is 1.39. The highest BCUT2D eigenvalue weighted by molar-refractivity contribution is 8.33. The summed E-state index contributed by atoms with van der Waals surface area (Å²) in [5, 5.41) is 2.93. The molecule has 0 saturated carbocycles. The molecule has 0 N–H and O–H groups in total. The van der Waals surface area contributed by atoms with E-state index >= 15 is 0 Å². The van der Waals surface area contributed by atoms with Crippen molar-refractivity contribution in [1.82, 2.24) is 0 Å². The molecule has 0 fully saturated rings. The minimum atomic E-state index is -0.267. The van der Waals surface area contributed by atoms with Gasteiger partial charge < -0.3 is 4.74 Å². The number of thioether (sulfide) groups is 3. The van der Waals surface area contributed by atoms with Crippen LogP contribution in [0.25, 0.3) is 0 Å². The molecule has 0 atom stereocenters. The summed E-state index contributed by atoms with van der Waals surface area (Å²) < 4.78 is 5.56. The van der Waals surface area contributed by atoms with Crippen LogP contribution in [-0.2, 0) is 9.53 Å². The third-order valence-electron chi connectivity index (χ3n) is 1.02. The Balaban J connectivity index is 2.74. The maximum atomic E-state index is 11.0. The lowest BCUT2D eigenvalue weighted by atomic mass is 10.6. The van der Waals surface area contributed by atoms with Crippen LogP contribution < -0.4 is 0 Å². The number of ether oxygens (including phenoxy) is 1. The van der Waals surface area contributed by atoms with Crippen LogP contribution in [0.3, 0.4) is 0 Å². The lowest BCUT2D eigenvalue weighted by molar-refractivity contribution is -0.135. The Hall–Kier alpha value is 0.260. The van der Waals surface area contributed by atoms with E-state index in [1.54, 1.807) is 11.8 Å². The van der Waals surface area contributed by atoms with Gasteiger partial charge in [0.05, 0.1) is 11.3 Å². The summed E-state index contributed by atoms with van der Waals surface area (Å²) in [5.74, 6) is -0.267. The average molecular weight is 206 g/mol. The molecule has 0 aliphatic carbocycles. The van der Waals surface area contributed by atoms with Crippen LogP contribution in [0.5, 0.6) is 0 Å². The standard InChI is InChI=1S/C6H6O2S3/c1-8-5(7)4-6(9-2)11-3-10-4/h1-2H3. The molecule has 1 rings (SSSR count). The molecular weight excluding hydrogens is 200 g/mol. The maximum Gasteiger partial charge on any atom is 0.346 e. The van der Waals surface area contributed by atoms with Crippen LogP contribution in [0.1, 0.15) is 0 Å². The minimum Gasteiger partial charge on any atom is -0.465 e. The van der Waals surface area contributed by atoms with Crippen molar-refractivity contribution in [3.05, 3.63) is 14.2 Å². The van der Waals surface area contributed by atoms with E-state index in [0.717, 1.165) is 4.24 Å². The highest BCUT2D eigenvalue weighted by Gasteiger charge is 2.23. The van der Waals surface area contributed by atoms with Crippen molar-refractivity contribution in [3.63, 3.8) is 0 Å². The molecule has 2 nitrogen and oxygen atoms in total. The van der Waals surface area contributed by atoms with Crippen LogP contribution in [0.15, 0.2) is 9.14 Å². The Morgan fingerprint density at radius 2 is 2.36 bits per heavy atom. The number of hydrogen-bond acceptors (Lipinski definition) is 5. The molecule has 0 spiro atoms. The molecule has 1 aliphatic rings. The monoisotopic (exact) mass is 206 g/mol. The molecule has 5 heteroatoms. The topological polar surface area (TPSA) is 26.3 Å². The molecule has 2 radical (unpaired) electrons. The predicted molar refractivity (Wildman–Crippen MR) is 51.0 cm³/mol. The van der Waals surface area contributed by atoms with E-state index in [0.29, 0.717) is 4.91 Å². The van der Waals surface area contributed by atoms with Gasteiger partial charge in [0.25, 0.3) is 0 Å². The number of esters is 1. The number of carbonyl (C=O) groups is 1. The fourth-order valence-electron chi connectivity index (χ4n) is 0.540. The number of methoxy groups -OCH3 is 1. The largest absolute Gasteiger partial charge is 0.465 e. The van der Waals surface area contributed by atoms with E-state index < -0.39 is 0 Å². The Labute approximate surface area is 78.5 Å². The average Bonchev–Trinajstić information content (AvgIpc) is 2.50. The molecule has 0 aromatic rings. The zero-order valence-corrected chi connectivity index (χ0v) is 8.49. The third kappa shape index (κ3) is 2.10. The van der Waals surface area contributed by atoms with Crippen molar-refractivity contribution in [2.75, 3.05) is 13.4 Å². The fourth-order valence-corrected chi connectivity index (χ4v) is 3.30. The van der Waals surface area contributed by atoms with E-state index in [-0.39, 0.29) is 5.97 Å². The van der Waals surface area contributed by atoms with Gasteiger partial charge >= 0.3 is 5.97 Å². The molecule has 0 aromatic carbocycles. The van der Waals surface area contributed by atoms with Crippen molar-refractivity contribution in [2.24, 2.45) is 0 Å². The van der Waals surface area contributed by atoms with Crippen LogP contribution in [0.4, 0.5) is 0 Å². The van der Waals surface area contributed by atoms with Gasteiger partial charge in [-0.1, -0.05) is 23.5 Å². The molecular formula is C6H6O2S3. The van der Waals surface area contributed by atoms with E-state index in [4.69, 9.17) is 0 Å². The molecule has 0 aromatic heterocycles. The van der Waals surface area contributed by atoms with Crippen LogP contribution in [0, 0.1) is 5.08 Å². The number of rotatable bonds is 2. The van der Waals surface area contributed by atoms with E-state index in [1.807, 2.05) is 6.26 Å². The Kier molecular flexibility index (Phi) is 3.68. The van der Waals surface area contributed by atoms with Gasteiger partial charge in [-0.25, -0.2) is 4.79 Å². The molecule has 0 unspecified atom stereocenters. The first-order valence-corrected chi connectivity index (χ1v) is 5.60. The summed E-state index contributed by atoms with van der Waals surface area (Å²) in [6.07, 6.45) is 1.93. The normalized spacial score (nSPS) is 17.3. The summed E-state index contributed by atoms with van der Waals surface area (Å²) in [4.78, 5) is 11.7. The smallest absolute Gasteiger partial charge is 0.346 e. The van der Waals surface area contributed by atoms with Gasteiger partial charge in [0.2, 0.25) is 0 Å². The third-order valence-corrected chi connectivity index (χ3v) is 4.23. The number of carbonyl (C=O) groups excluding carboxylic acids is 1. The highest BCUT2D eigenvalue weighted by Crippen LogP contribution is 2.47. The van der Waals surface area contributed by atoms with Crippen LogP contribution in [0.2, 0.25) is 0 Å². The summed E-state index contributed by atoms with van der Waals surface area (Å²) in [6, 6.07) is 0. The maximum absolute atomic E-state index is 11.0. The van der Waals surface area contributed by atoms with Crippen molar-refractivity contribution >= 4 is 41.3 Å². The molecule has 0 saturated heterocycles. The van der Waals surface area contributed by atoms with Crippen LogP contribution >= 0.6 is 35.3 Å². The molecule has 60 valence electrons. The van der Waals surface area contributed by atoms with Gasteiger partial charge in [-0.3, -0.25) is 0 Å². The lowest BCUT2D eigenvalue weighted by Gasteiger charge is -1.98. The van der Waals surface area contributed by atoms with Crippen LogP contribution in [-0.4, -0.2) is 19.3 Å². The Bertz CT molecular complexity index is 200. The quantitative estimate of drug-likeness (QED) is 0.645. The SMILES string of the molecule is COC(=O)C1=C(SC)S[C]S1. The van der Waals surface area contributed by atoms with Gasteiger partial charge in [0.1, 0.15) is 9.99 Å². The zero-order chi connectivity index (χ0) is 8.27. The van der Waals surface area contributed by atoms with E-state index in [1.165, 1.54) is 30.6 Å². The Morgan fingerprint density at radius 1 is 1.64 bits per heavy atom. The summed E-state index contributed by atoms with van der Waals surface area (Å²) in [5.41, 5.74) is 0. The predicted octanol–water partition coefficient (Wildman–Crippen LogP) is 2.17. The summed E-state index contributed by atoms with van der Waals surface area (Å²) in [6.45, 7) is 0. The Morgan fingerprint density at radius 3 is 2.91 bits per heavy atom. The van der Waals surface area contributed by atoms with Gasteiger partial charge in [0.15, 0.2) is 0 Å². The second-order valence-corrected chi connectivity index (χ2v) is 4.57. The van der Waals surface area contributed by atoms with Gasteiger partial charge in [-0.2, -0.15) is 0 Å². The zero-order valence-electron chi connectivity index (χ0n) is 6.04. The first-order chi connectivity index (χ1) is 5.29. The van der Waals surface area contributed by atoms with Gasteiger partial charge in [0, 0.05) is 0 Å². The second-order valence-electron chi connectivity index (χ2n) is 1.60. The van der Waals surface area contributed by atoms with Crippen molar-refractivity contribution in [3.8, 4) is 0 Å². The highest BCUT2D eigenvalue weighted by atomic mass is 32.2. The lowest BCUT2D eigenvalue weighted by Crippen LogP contribution is -2.00. The minimum absolute atomic E-state index is 0.267. The molecule has 1 heterocycles. The molecule has 1 aliphatic heterocycles. The van der Waals surface area contributed by atoms with Crippen molar-refractivity contribution in [2.45, 2.75) is 0 Å².